The third-order valence-electron chi connectivity index (χ3n) is 4.03. The van der Waals surface area contributed by atoms with Crippen molar-refractivity contribution in [3.63, 3.8) is 0 Å². The zero-order valence-corrected chi connectivity index (χ0v) is 13.3. The van der Waals surface area contributed by atoms with Crippen molar-refractivity contribution in [3.8, 4) is 0 Å². The molecule has 8 heteroatoms. The Morgan fingerprint density at radius 2 is 2.26 bits per heavy atom. The lowest BCUT2D eigenvalue weighted by atomic mass is 9.99. The molecule has 1 amide bonds. The van der Waals surface area contributed by atoms with Crippen LogP contribution in [0.3, 0.4) is 0 Å². The van der Waals surface area contributed by atoms with Gasteiger partial charge in [-0.3, -0.25) is 4.79 Å². The number of thiophene rings is 1. The molecular formula is C15H16F3N3OS. The summed E-state index contributed by atoms with van der Waals surface area (Å²) in [5.74, 6) is 0.449. The molecule has 0 saturated heterocycles. The molecule has 1 atom stereocenters. The molecule has 2 aromatic rings. The summed E-state index contributed by atoms with van der Waals surface area (Å²) < 4.78 is 39.6. The predicted molar refractivity (Wildman–Crippen MR) is 80.4 cm³/mol. The van der Waals surface area contributed by atoms with Gasteiger partial charge in [0.15, 0.2) is 5.69 Å². The summed E-state index contributed by atoms with van der Waals surface area (Å²) in [4.78, 5) is 15.7. The van der Waals surface area contributed by atoms with Gasteiger partial charge in [-0.05, 0) is 30.2 Å². The van der Waals surface area contributed by atoms with Crippen LogP contribution in [-0.4, -0.2) is 22.0 Å². The van der Waals surface area contributed by atoms with Gasteiger partial charge < -0.3 is 9.88 Å². The largest absolute Gasteiger partial charge is 0.434 e. The Hall–Kier alpha value is -1.83. The van der Waals surface area contributed by atoms with Crippen LogP contribution >= 0.6 is 11.3 Å². The number of nitrogens with zero attached hydrogens (tertiary/aromatic N) is 2. The molecule has 0 aromatic carbocycles. The highest BCUT2D eigenvalue weighted by Crippen LogP contribution is 2.30. The van der Waals surface area contributed by atoms with Crippen molar-refractivity contribution in [2.75, 3.05) is 6.54 Å². The van der Waals surface area contributed by atoms with E-state index in [9.17, 15) is 18.0 Å². The highest BCUT2D eigenvalue weighted by molar-refractivity contribution is 7.08. The topological polar surface area (TPSA) is 46.9 Å². The van der Waals surface area contributed by atoms with Crippen LogP contribution in [0.1, 0.15) is 33.9 Å². The summed E-state index contributed by atoms with van der Waals surface area (Å²) in [5.41, 5.74) is 0.752. The Morgan fingerprint density at radius 3 is 2.91 bits per heavy atom. The van der Waals surface area contributed by atoms with Crippen molar-refractivity contribution >= 4 is 17.2 Å². The first-order valence-corrected chi connectivity index (χ1v) is 8.23. The lowest BCUT2D eigenvalue weighted by molar-refractivity contribution is -0.141. The maximum absolute atomic E-state index is 12.7. The van der Waals surface area contributed by atoms with Gasteiger partial charge in [-0.2, -0.15) is 24.5 Å². The van der Waals surface area contributed by atoms with Crippen molar-refractivity contribution in [3.05, 3.63) is 39.6 Å². The smallest absolute Gasteiger partial charge is 0.352 e. The SMILES string of the molecule is Cc1cscc1C(=O)NC[C@H]1CCc2nc(C(F)(F)F)cn2C1. The minimum atomic E-state index is -4.41. The summed E-state index contributed by atoms with van der Waals surface area (Å²) in [5, 5.41) is 6.58. The van der Waals surface area contributed by atoms with Gasteiger partial charge >= 0.3 is 6.18 Å². The van der Waals surface area contributed by atoms with Crippen molar-refractivity contribution in [1.82, 2.24) is 14.9 Å². The first kappa shape index (κ1) is 16.0. The number of rotatable bonds is 3. The van der Waals surface area contributed by atoms with Gasteiger partial charge in [0.1, 0.15) is 5.82 Å². The Labute approximate surface area is 135 Å². The number of nitrogens with one attached hydrogen (secondary N) is 1. The maximum Gasteiger partial charge on any atom is 0.434 e. The molecule has 0 unspecified atom stereocenters. The fraction of sp³-hybridized carbons (Fsp3) is 0.467. The van der Waals surface area contributed by atoms with E-state index in [4.69, 9.17) is 0 Å². The van der Waals surface area contributed by atoms with Gasteiger partial charge in [-0.15, -0.1) is 0 Å². The maximum atomic E-state index is 12.7. The monoisotopic (exact) mass is 343 g/mol. The van der Waals surface area contributed by atoms with Crippen LogP contribution in [0.4, 0.5) is 13.2 Å². The number of halogens is 3. The quantitative estimate of drug-likeness (QED) is 0.930. The van der Waals surface area contributed by atoms with Crippen molar-refractivity contribution in [1.29, 1.82) is 0 Å². The summed E-state index contributed by atoms with van der Waals surface area (Å²) in [6, 6.07) is 0. The number of alkyl halides is 3. The molecule has 2 aromatic heterocycles. The molecule has 0 aliphatic carbocycles. The second-order valence-electron chi connectivity index (χ2n) is 5.78. The van der Waals surface area contributed by atoms with Crippen LogP contribution in [-0.2, 0) is 19.1 Å². The lowest BCUT2D eigenvalue weighted by Gasteiger charge is -2.23. The average Bonchev–Trinajstić information content (AvgIpc) is 3.09. The van der Waals surface area contributed by atoms with Gasteiger partial charge in [0.25, 0.3) is 5.91 Å². The number of aryl methyl sites for hydroxylation is 2. The molecule has 0 fully saturated rings. The summed E-state index contributed by atoms with van der Waals surface area (Å²) in [6.45, 7) is 2.77. The zero-order valence-electron chi connectivity index (χ0n) is 12.5. The van der Waals surface area contributed by atoms with Crippen LogP contribution in [0, 0.1) is 12.8 Å². The van der Waals surface area contributed by atoms with Crippen molar-refractivity contribution in [2.24, 2.45) is 5.92 Å². The normalized spacial score (nSPS) is 17.8. The predicted octanol–water partition coefficient (Wildman–Crippen LogP) is 3.26. The first-order chi connectivity index (χ1) is 10.8. The average molecular weight is 343 g/mol. The van der Waals surface area contributed by atoms with E-state index in [1.54, 1.807) is 9.95 Å². The molecule has 0 saturated carbocycles. The van der Waals surface area contributed by atoms with Crippen molar-refractivity contribution in [2.45, 2.75) is 32.5 Å². The fourth-order valence-corrected chi connectivity index (χ4v) is 3.57. The van der Waals surface area contributed by atoms with Crippen LogP contribution in [0.25, 0.3) is 0 Å². The molecule has 1 aliphatic heterocycles. The zero-order chi connectivity index (χ0) is 16.6. The standard InChI is InChI=1S/C15H16F3N3OS/c1-9-7-23-8-11(9)14(22)19-4-10-2-3-13-20-12(15(16,17)18)6-21(13)5-10/h6-8,10H,2-5H2,1H3,(H,19,22)/t10-/m1/s1. The molecule has 0 radical (unpaired) electrons. The van der Waals surface area contributed by atoms with E-state index in [0.29, 0.717) is 30.9 Å². The van der Waals surface area contributed by atoms with E-state index in [-0.39, 0.29) is 11.8 Å². The second-order valence-corrected chi connectivity index (χ2v) is 6.52. The molecular weight excluding hydrogens is 327 g/mol. The second kappa shape index (κ2) is 5.99. The molecule has 1 N–H and O–H groups in total. The molecule has 0 bridgehead atoms. The first-order valence-electron chi connectivity index (χ1n) is 7.29. The third-order valence-corrected chi connectivity index (χ3v) is 4.89. The minimum absolute atomic E-state index is 0.112. The number of hydrogen-bond acceptors (Lipinski definition) is 3. The number of hydrogen-bond donors (Lipinski definition) is 1. The number of carbonyl (C=O) groups excluding carboxylic acids is 1. The van der Waals surface area contributed by atoms with Crippen LogP contribution in [0.5, 0.6) is 0 Å². The molecule has 3 heterocycles. The Balaban J connectivity index is 1.61. The van der Waals surface area contributed by atoms with Gasteiger partial charge in [0, 0.05) is 31.1 Å². The third kappa shape index (κ3) is 3.41. The van der Waals surface area contributed by atoms with E-state index < -0.39 is 11.9 Å². The number of carbonyl (C=O) groups is 1. The van der Waals surface area contributed by atoms with Crippen molar-refractivity contribution < 1.29 is 18.0 Å². The fourth-order valence-electron chi connectivity index (χ4n) is 2.74. The molecule has 0 spiro atoms. The number of fused-ring (bicyclic) bond motifs is 1. The highest BCUT2D eigenvalue weighted by atomic mass is 32.1. The molecule has 1 aliphatic rings. The number of imidazole rings is 1. The van der Waals surface area contributed by atoms with E-state index in [2.05, 4.69) is 10.3 Å². The van der Waals surface area contributed by atoms with Gasteiger partial charge in [0.2, 0.25) is 0 Å². The summed E-state index contributed by atoms with van der Waals surface area (Å²) in [6.07, 6.45) is -2.14. The number of amides is 1. The Kier molecular flexibility index (Phi) is 4.18. The van der Waals surface area contributed by atoms with Crippen LogP contribution < -0.4 is 5.32 Å². The molecule has 23 heavy (non-hydrogen) atoms. The van der Waals surface area contributed by atoms with Crippen LogP contribution in [0.15, 0.2) is 17.0 Å². The highest BCUT2D eigenvalue weighted by Gasteiger charge is 2.35. The Bertz CT molecular complexity index is 720. The van der Waals surface area contributed by atoms with E-state index in [1.807, 2.05) is 12.3 Å². The lowest BCUT2D eigenvalue weighted by Crippen LogP contribution is -2.33. The molecule has 4 nitrogen and oxygen atoms in total. The molecule has 3 rings (SSSR count). The minimum Gasteiger partial charge on any atom is -0.352 e. The Morgan fingerprint density at radius 1 is 1.48 bits per heavy atom. The van der Waals surface area contributed by atoms with Gasteiger partial charge in [0.05, 0.1) is 5.56 Å². The van der Waals surface area contributed by atoms with E-state index in [0.717, 1.165) is 18.2 Å². The van der Waals surface area contributed by atoms with Crippen LogP contribution in [0.2, 0.25) is 0 Å². The van der Waals surface area contributed by atoms with Gasteiger partial charge in [-0.1, -0.05) is 0 Å². The van der Waals surface area contributed by atoms with E-state index >= 15 is 0 Å². The number of aromatic nitrogens is 2. The summed E-state index contributed by atoms with van der Waals surface area (Å²) >= 11 is 1.47. The van der Waals surface area contributed by atoms with Gasteiger partial charge in [-0.25, -0.2) is 4.98 Å². The summed E-state index contributed by atoms with van der Waals surface area (Å²) in [7, 11) is 0. The van der Waals surface area contributed by atoms with E-state index in [1.165, 1.54) is 11.3 Å². The molecule has 124 valence electrons.